The summed E-state index contributed by atoms with van der Waals surface area (Å²) in [4.78, 5) is 1.32. The SMILES string of the molecule is CC.CNc1ccc(SC)cc1C. The van der Waals surface area contributed by atoms with E-state index in [1.165, 1.54) is 16.1 Å². The molecule has 2 heteroatoms. The normalized spacial score (nSPS) is 8.69. The molecular weight excluding hydrogens is 178 g/mol. The molecule has 0 bridgehead atoms. The summed E-state index contributed by atoms with van der Waals surface area (Å²) in [6.45, 7) is 6.12. The molecule has 0 radical (unpaired) electrons. The van der Waals surface area contributed by atoms with Crippen LogP contribution in [0.2, 0.25) is 0 Å². The van der Waals surface area contributed by atoms with Crippen LogP contribution in [0.4, 0.5) is 5.69 Å². The van der Waals surface area contributed by atoms with Crippen molar-refractivity contribution in [3.8, 4) is 0 Å². The van der Waals surface area contributed by atoms with Crippen LogP contribution in [0, 0.1) is 6.92 Å². The summed E-state index contributed by atoms with van der Waals surface area (Å²) in [6.07, 6.45) is 2.09. The Hall–Kier alpha value is -0.630. The molecule has 1 N–H and O–H groups in total. The second-order valence-electron chi connectivity index (χ2n) is 2.43. The van der Waals surface area contributed by atoms with Gasteiger partial charge in [0.1, 0.15) is 0 Å². The van der Waals surface area contributed by atoms with E-state index in [9.17, 15) is 0 Å². The quantitative estimate of drug-likeness (QED) is 0.724. The molecular formula is C11H19NS. The summed E-state index contributed by atoms with van der Waals surface area (Å²) in [5.41, 5.74) is 2.52. The van der Waals surface area contributed by atoms with Crippen molar-refractivity contribution >= 4 is 17.4 Å². The molecule has 1 aromatic carbocycles. The first-order valence-corrected chi connectivity index (χ1v) is 5.83. The topological polar surface area (TPSA) is 12.0 Å². The first-order valence-electron chi connectivity index (χ1n) is 4.60. The number of thioether (sulfide) groups is 1. The second-order valence-corrected chi connectivity index (χ2v) is 3.31. The largest absolute Gasteiger partial charge is 0.388 e. The second kappa shape index (κ2) is 6.84. The molecule has 1 rings (SSSR count). The lowest BCUT2D eigenvalue weighted by Gasteiger charge is -2.05. The zero-order valence-corrected chi connectivity index (χ0v) is 9.96. The number of benzene rings is 1. The van der Waals surface area contributed by atoms with Gasteiger partial charge < -0.3 is 5.32 Å². The van der Waals surface area contributed by atoms with Crippen LogP contribution in [0.1, 0.15) is 19.4 Å². The average Bonchev–Trinajstić information content (AvgIpc) is 2.20. The monoisotopic (exact) mass is 197 g/mol. The number of hydrogen-bond donors (Lipinski definition) is 1. The first kappa shape index (κ1) is 12.4. The molecule has 13 heavy (non-hydrogen) atoms. The van der Waals surface area contributed by atoms with Crippen LogP contribution in [0.3, 0.4) is 0 Å². The molecule has 0 aliphatic carbocycles. The van der Waals surface area contributed by atoms with E-state index < -0.39 is 0 Å². The van der Waals surface area contributed by atoms with Crippen molar-refractivity contribution in [1.29, 1.82) is 0 Å². The highest BCUT2D eigenvalue weighted by atomic mass is 32.2. The predicted molar refractivity (Wildman–Crippen MR) is 63.9 cm³/mol. The zero-order valence-electron chi connectivity index (χ0n) is 9.14. The third-order valence-corrected chi connectivity index (χ3v) is 2.43. The van der Waals surface area contributed by atoms with Crippen LogP contribution in [0.5, 0.6) is 0 Å². The Morgan fingerprint density at radius 1 is 1.23 bits per heavy atom. The zero-order chi connectivity index (χ0) is 10.3. The molecule has 0 amide bonds. The third-order valence-electron chi connectivity index (χ3n) is 1.70. The highest BCUT2D eigenvalue weighted by Crippen LogP contribution is 2.21. The minimum absolute atomic E-state index is 1.21. The maximum Gasteiger partial charge on any atom is 0.0368 e. The van der Waals surface area contributed by atoms with Gasteiger partial charge in [0.2, 0.25) is 0 Å². The Kier molecular flexibility index (Phi) is 6.51. The maximum absolute atomic E-state index is 3.14. The van der Waals surface area contributed by atoms with E-state index in [0.29, 0.717) is 0 Å². The van der Waals surface area contributed by atoms with E-state index in [1.54, 1.807) is 11.8 Å². The van der Waals surface area contributed by atoms with E-state index in [0.717, 1.165) is 0 Å². The molecule has 74 valence electrons. The predicted octanol–water partition coefficient (Wildman–Crippen LogP) is 3.78. The minimum Gasteiger partial charge on any atom is -0.388 e. The van der Waals surface area contributed by atoms with Crippen molar-refractivity contribution in [2.45, 2.75) is 25.7 Å². The maximum atomic E-state index is 3.14. The molecule has 0 unspecified atom stereocenters. The van der Waals surface area contributed by atoms with Crippen molar-refractivity contribution < 1.29 is 0 Å². The van der Waals surface area contributed by atoms with E-state index in [2.05, 4.69) is 36.7 Å². The Balaban J connectivity index is 0.000000671. The number of anilines is 1. The van der Waals surface area contributed by atoms with Gasteiger partial charge in [-0.25, -0.2) is 0 Å². The lowest BCUT2D eigenvalue weighted by atomic mass is 10.2. The van der Waals surface area contributed by atoms with E-state index in [1.807, 2.05) is 20.9 Å². The fraction of sp³-hybridized carbons (Fsp3) is 0.455. The molecule has 0 aliphatic heterocycles. The number of nitrogens with one attached hydrogen (secondary N) is 1. The Morgan fingerprint density at radius 2 is 1.85 bits per heavy atom. The number of aryl methyl sites for hydroxylation is 1. The summed E-state index contributed by atoms with van der Waals surface area (Å²) in [6, 6.07) is 6.43. The molecule has 0 spiro atoms. The van der Waals surface area contributed by atoms with Crippen LogP contribution in [-0.2, 0) is 0 Å². The van der Waals surface area contributed by atoms with Gasteiger partial charge in [-0.1, -0.05) is 13.8 Å². The number of hydrogen-bond acceptors (Lipinski definition) is 2. The van der Waals surface area contributed by atoms with Crippen LogP contribution >= 0.6 is 11.8 Å². The number of rotatable bonds is 2. The highest BCUT2D eigenvalue weighted by Gasteiger charge is 1.95. The molecule has 1 nitrogen and oxygen atoms in total. The van der Waals surface area contributed by atoms with Gasteiger partial charge in [0.25, 0.3) is 0 Å². The standard InChI is InChI=1S/C9H13NS.C2H6/c1-7-6-8(11-3)4-5-9(7)10-2;1-2/h4-6,10H,1-3H3;1-2H3. The van der Waals surface area contributed by atoms with Crippen molar-refractivity contribution in [2.24, 2.45) is 0 Å². The van der Waals surface area contributed by atoms with E-state index in [4.69, 9.17) is 0 Å². The van der Waals surface area contributed by atoms with Crippen molar-refractivity contribution in [3.05, 3.63) is 23.8 Å². The lowest BCUT2D eigenvalue weighted by molar-refractivity contribution is 1.33. The summed E-state index contributed by atoms with van der Waals surface area (Å²) >= 11 is 1.77. The third kappa shape index (κ3) is 3.73. The van der Waals surface area contributed by atoms with Crippen molar-refractivity contribution in [1.82, 2.24) is 0 Å². The van der Waals surface area contributed by atoms with Crippen LogP contribution in [-0.4, -0.2) is 13.3 Å². The van der Waals surface area contributed by atoms with Gasteiger partial charge in [-0.2, -0.15) is 0 Å². The van der Waals surface area contributed by atoms with Gasteiger partial charge >= 0.3 is 0 Å². The molecule has 0 heterocycles. The molecule has 0 atom stereocenters. The van der Waals surface area contributed by atoms with Crippen molar-refractivity contribution in [3.63, 3.8) is 0 Å². The van der Waals surface area contributed by atoms with E-state index >= 15 is 0 Å². The smallest absolute Gasteiger partial charge is 0.0368 e. The van der Waals surface area contributed by atoms with Crippen molar-refractivity contribution in [2.75, 3.05) is 18.6 Å². The molecule has 0 aromatic heterocycles. The molecule has 0 fully saturated rings. The van der Waals surface area contributed by atoms with Crippen LogP contribution in [0.15, 0.2) is 23.1 Å². The van der Waals surface area contributed by atoms with Gasteiger partial charge in [-0.15, -0.1) is 11.8 Å². The minimum atomic E-state index is 1.21. The summed E-state index contributed by atoms with van der Waals surface area (Å²) in [5, 5.41) is 3.14. The average molecular weight is 197 g/mol. The highest BCUT2D eigenvalue weighted by molar-refractivity contribution is 7.98. The molecule has 1 aromatic rings. The van der Waals surface area contributed by atoms with Gasteiger partial charge in [0.15, 0.2) is 0 Å². The molecule has 0 saturated heterocycles. The van der Waals surface area contributed by atoms with Gasteiger partial charge in [-0.05, 0) is 36.9 Å². The fourth-order valence-electron chi connectivity index (χ4n) is 1.04. The summed E-state index contributed by atoms with van der Waals surface area (Å²) in [7, 11) is 1.95. The first-order chi connectivity index (χ1) is 6.27. The lowest BCUT2D eigenvalue weighted by Crippen LogP contribution is -1.90. The summed E-state index contributed by atoms with van der Waals surface area (Å²) in [5.74, 6) is 0. The summed E-state index contributed by atoms with van der Waals surface area (Å²) < 4.78 is 0. The Morgan fingerprint density at radius 3 is 2.23 bits per heavy atom. The van der Waals surface area contributed by atoms with Gasteiger partial charge in [0.05, 0.1) is 0 Å². The van der Waals surface area contributed by atoms with Gasteiger partial charge in [0, 0.05) is 17.6 Å². The fourth-order valence-corrected chi connectivity index (χ4v) is 1.54. The van der Waals surface area contributed by atoms with Crippen LogP contribution in [0.25, 0.3) is 0 Å². The Labute approximate surface area is 85.9 Å². The van der Waals surface area contributed by atoms with Crippen LogP contribution < -0.4 is 5.32 Å². The van der Waals surface area contributed by atoms with Gasteiger partial charge in [-0.3, -0.25) is 0 Å². The molecule has 0 saturated carbocycles. The van der Waals surface area contributed by atoms with E-state index in [-0.39, 0.29) is 0 Å². The Bertz CT molecular complexity index is 246. The molecule has 0 aliphatic rings.